The minimum atomic E-state index is -0.279. The summed E-state index contributed by atoms with van der Waals surface area (Å²) in [6, 6.07) is 16.4. The zero-order chi connectivity index (χ0) is 17.9. The fraction of sp³-hybridized carbons (Fsp3) is 0.300. The Hall–Kier alpha value is -2.31. The number of para-hydroxylation sites is 1. The highest BCUT2D eigenvalue weighted by molar-refractivity contribution is 7.71. The van der Waals surface area contributed by atoms with Crippen LogP contribution in [0, 0.1) is 10.6 Å². The van der Waals surface area contributed by atoms with Gasteiger partial charge in [-0.2, -0.15) is 0 Å². The molecular weight excluding hydrogens is 347 g/mol. The Balaban J connectivity index is 1.81. The first kappa shape index (κ1) is 17.1. The molecule has 1 fully saturated rings. The van der Waals surface area contributed by atoms with Crippen LogP contribution in [0.2, 0.25) is 0 Å². The maximum atomic E-state index is 13.8. The first-order chi connectivity index (χ1) is 12.7. The first-order valence-corrected chi connectivity index (χ1v) is 9.37. The van der Waals surface area contributed by atoms with Gasteiger partial charge in [-0.25, -0.2) is 9.07 Å². The minimum Gasteiger partial charge on any atom is -0.284 e. The SMILES string of the molecule is Fc1cccc(-c2nn(CN3CCCCC3)c(=S)n2-c2ccccc2)c1. The van der Waals surface area contributed by atoms with E-state index < -0.39 is 0 Å². The van der Waals surface area contributed by atoms with Gasteiger partial charge in [-0.1, -0.05) is 36.8 Å². The van der Waals surface area contributed by atoms with Gasteiger partial charge in [0, 0.05) is 11.3 Å². The van der Waals surface area contributed by atoms with Crippen LogP contribution in [0.25, 0.3) is 17.1 Å². The van der Waals surface area contributed by atoms with E-state index in [2.05, 4.69) is 4.90 Å². The lowest BCUT2D eigenvalue weighted by Gasteiger charge is -2.25. The molecule has 1 aliphatic rings. The van der Waals surface area contributed by atoms with Crippen molar-refractivity contribution in [3.8, 4) is 17.1 Å². The lowest BCUT2D eigenvalue weighted by molar-refractivity contribution is 0.172. The van der Waals surface area contributed by atoms with E-state index in [9.17, 15) is 4.39 Å². The summed E-state index contributed by atoms with van der Waals surface area (Å²) in [6.45, 7) is 2.80. The first-order valence-electron chi connectivity index (χ1n) is 8.96. The van der Waals surface area contributed by atoms with E-state index in [4.69, 9.17) is 17.3 Å². The molecule has 0 atom stereocenters. The summed E-state index contributed by atoms with van der Waals surface area (Å²) < 4.78 is 18.2. The van der Waals surface area contributed by atoms with Crippen LogP contribution in [0.5, 0.6) is 0 Å². The highest BCUT2D eigenvalue weighted by Crippen LogP contribution is 2.24. The summed E-state index contributed by atoms with van der Waals surface area (Å²) in [4.78, 5) is 2.37. The van der Waals surface area contributed by atoms with Crippen molar-refractivity contribution in [2.75, 3.05) is 13.1 Å². The normalized spacial score (nSPS) is 15.3. The van der Waals surface area contributed by atoms with Crippen LogP contribution in [0.1, 0.15) is 19.3 Å². The highest BCUT2D eigenvalue weighted by atomic mass is 32.1. The van der Waals surface area contributed by atoms with E-state index in [0.717, 1.165) is 24.3 Å². The molecule has 0 N–H and O–H groups in total. The maximum Gasteiger partial charge on any atom is 0.204 e. The van der Waals surface area contributed by atoms with Gasteiger partial charge in [0.05, 0.1) is 6.67 Å². The van der Waals surface area contributed by atoms with Gasteiger partial charge in [-0.15, -0.1) is 5.10 Å². The molecule has 0 unspecified atom stereocenters. The van der Waals surface area contributed by atoms with Crippen LogP contribution in [0.15, 0.2) is 54.6 Å². The summed E-state index contributed by atoms with van der Waals surface area (Å²) in [5.74, 6) is 0.385. The molecule has 4 nitrogen and oxygen atoms in total. The fourth-order valence-corrected chi connectivity index (χ4v) is 3.70. The second-order valence-corrected chi connectivity index (χ2v) is 6.97. The van der Waals surface area contributed by atoms with Crippen LogP contribution in [0.3, 0.4) is 0 Å². The van der Waals surface area contributed by atoms with E-state index in [-0.39, 0.29) is 5.82 Å². The van der Waals surface area contributed by atoms with Gasteiger partial charge in [0.15, 0.2) is 5.82 Å². The number of hydrogen-bond donors (Lipinski definition) is 0. The summed E-state index contributed by atoms with van der Waals surface area (Å²) in [5.41, 5.74) is 1.65. The number of benzene rings is 2. The van der Waals surface area contributed by atoms with Crippen molar-refractivity contribution < 1.29 is 4.39 Å². The molecule has 3 aromatic rings. The van der Waals surface area contributed by atoms with Gasteiger partial charge < -0.3 is 0 Å². The van der Waals surface area contributed by atoms with Gasteiger partial charge in [0.25, 0.3) is 0 Å². The van der Waals surface area contributed by atoms with Crippen LogP contribution >= 0.6 is 12.2 Å². The minimum absolute atomic E-state index is 0.279. The Morgan fingerprint density at radius 3 is 2.46 bits per heavy atom. The van der Waals surface area contributed by atoms with Crippen molar-refractivity contribution in [2.45, 2.75) is 25.9 Å². The van der Waals surface area contributed by atoms with Gasteiger partial charge in [0.2, 0.25) is 4.77 Å². The van der Waals surface area contributed by atoms with Crippen molar-refractivity contribution in [1.29, 1.82) is 0 Å². The predicted molar refractivity (Wildman–Crippen MR) is 103 cm³/mol. The molecule has 26 heavy (non-hydrogen) atoms. The van der Waals surface area contributed by atoms with Crippen molar-refractivity contribution in [3.63, 3.8) is 0 Å². The summed E-state index contributed by atoms with van der Waals surface area (Å²) in [5, 5.41) is 4.76. The van der Waals surface area contributed by atoms with Crippen molar-refractivity contribution in [1.82, 2.24) is 19.2 Å². The molecule has 2 aromatic carbocycles. The molecule has 0 aliphatic carbocycles. The molecule has 1 aliphatic heterocycles. The lowest BCUT2D eigenvalue weighted by Crippen LogP contribution is -2.32. The number of aromatic nitrogens is 3. The molecule has 4 rings (SSSR count). The molecule has 134 valence electrons. The van der Waals surface area contributed by atoms with E-state index in [1.54, 1.807) is 6.07 Å². The summed E-state index contributed by atoms with van der Waals surface area (Å²) >= 11 is 5.74. The molecule has 1 aromatic heterocycles. The third kappa shape index (κ3) is 3.48. The molecule has 0 spiro atoms. The predicted octanol–water partition coefficient (Wildman–Crippen LogP) is 4.65. The second-order valence-electron chi connectivity index (χ2n) is 6.61. The van der Waals surface area contributed by atoms with Crippen molar-refractivity contribution >= 4 is 12.2 Å². The van der Waals surface area contributed by atoms with Gasteiger partial charge in [0.1, 0.15) is 5.82 Å². The summed E-state index contributed by atoms with van der Waals surface area (Å²) in [7, 11) is 0. The third-order valence-corrected chi connectivity index (χ3v) is 5.11. The Bertz CT molecular complexity index is 942. The van der Waals surface area contributed by atoms with Gasteiger partial charge >= 0.3 is 0 Å². The van der Waals surface area contributed by atoms with Crippen molar-refractivity contribution in [3.05, 3.63) is 65.2 Å². The quantitative estimate of drug-likeness (QED) is 0.627. The molecule has 2 heterocycles. The Kier molecular flexibility index (Phi) is 4.95. The second kappa shape index (κ2) is 7.51. The Labute approximate surface area is 157 Å². The average molecular weight is 368 g/mol. The summed E-state index contributed by atoms with van der Waals surface area (Å²) in [6.07, 6.45) is 3.71. The smallest absolute Gasteiger partial charge is 0.204 e. The van der Waals surface area contributed by atoms with Gasteiger partial charge in [-0.05, 0) is 62.4 Å². The zero-order valence-corrected chi connectivity index (χ0v) is 15.3. The van der Waals surface area contributed by atoms with Crippen LogP contribution in [0.4, 0.5) is 4.39 Å². The topological polar surface area (TPSA) is 26.0 Å². The van der Waals surface area contributed by atoms with Crippen LogP contribution < -0.4 is 0 Å². The van der Waals surface area contributed by atoms with Crippen LogP contribution in [-0.2, 0) is 6.67 Å². The van der Waals surface area contributed by atoms with Gasteiger partial charge in [-0.3, -0.25) is 9.47 Å². The number of hydrogen-bond acceptors (Lipinski definition) is 3. The third-order valence-electron chi connectivity index (χ3n) is 4.72. The fourth-order valence-electron chi connectivity index (χ4n) is 3.41. The molecule has 0 saturated carbocycles. The van der Waals surface area contributed by atoms with Crippen molar-refractivity contribution in [2.24, 2.45) is 0 Å². The van der Waals surface area contributed by atoms with E-state index in [1.807, 2.05) is 45.6 Å². The van der Waals surface area contributed by atoms with E-state index in [1.165, 1.54) is 31.4 Å². The monoisotopic (exact) mass is 368 g/mol. The standard InChI is InChI=1S/C20H21FN4S/c21-17-9-7-8-16(14-17)19-22-24(15-23-12-5-2-6-13-23)20(26)25(19)18-10-3-1-4-11-18/h1,3-4,7-11,14H,2,5-6,12-13,15H2. The molecule has 0 radical (unpaired) electrons. The Morgan fingerprint density at radius 1 is 0.962 bits per heavy atom. The largest absolute Gasteiger partial charge is 0.284 e. The van der Waals surface area contributed by atoms with E-state index >= 15 is 0 Å². The number of halogens is 1. The number of likely N-dealkylation sites (tertiary alicyclic amines) is 1. The lowest BCUT2D eigenvalue weighted by atomic mass is 10.1. The Morgan fingerprint density at radius 2 is 1.73 bits per heavy atom. The molecule has 1 saturated heterocycles. The molecule has 6 heteroatoms. The highest BCUT2D eigenvalue weighted by Gasteiger charge is 2.17. The molecule has 0 bridgehead atoms. The zero-order valence-electron chi connectivity index (χ0n) is 14.5. The van der Waals surface area contributed by atoms with Crippen LogP contribution in [-0.4, -0.2) is 32.3 Å². The average Bonchev–Trinajstić information content (AvgIpc) is 3.00. The maximum absolute atomic E-state index is 13.8. The molecule has 0 amide bonds. The number of rotatable bonds is 4. The number of nitrogens with zero attached hydrogens (tertiary/aromatic N) is 4. The molecular formula is C20H21FN4S. The van der Waals surface area contributed by atoms with E-state index in [0.29, 0.717) is 17.3 Å². The number of piperidine rings is 1.